The lowest BCUT2D eigenvalue weighted by molar-refractivity contribution is 0.111. The monoisotopic (exact) mass is 280 g/mol. The fourth-order valence-corrected chi connectivity index (χ4v) is 4.23. The van der Waals surface area contributed by atoms with E-state index in [1.54, 1.807) is 0 Å². The zero-order valence-corrected chi connectivity index (χ0v) is 13.1. The SMILES string of the molecule is CCNC1(CO)CCCC1CCN(CC1CC1)C1CC1. The van der Waals surface area contributed by atoms with E-state index in [0.29, 0.717) is 12.5 Å². The van der Waals surface area contributed by atoms with Gasteiger partial charge in [-0.25, -0.2) is 0 Å². The summed E-state index contributed by atoms with van der Waals surface area (Å²) >= 11 is 0. The Bertz CT molecular complexity index is 314. The zero-order chi connectivity index (χ0) is 14.0. The number of hydrogen-bond acceptors (Lipinski definition) is 3. The molecule has 2 unspecified atom stereocenters. The van der Waals surface area contributed by atoms with E-state index in [9.17, 15) is 5.11 Å². The normalized spacial score (nSPS) is 34.0. The average molecular weight is 280 g/mol. The van der Waals surface area contributed by atoms with Gasteiger partial charge in [0.05, 0.1) is 6.61 Å². The Morgan fingerprint density at radius 2 is 2.00 bits per heavy atom. The molecule has 0 aromatic rings. The summed E-state index contributed by atoms with van der Waals surface area (Å²) in [6.45, 7) is 6.07. The molecule has 3 saturated carbocycles. The molecule has 0 aromatic carbocycles. The summed E-state index contributed by atoms with van der Waals surface area (Å²) in [6.07, 6.45) is 10.8. The minimum atomic E-state index is 0.0313. The molecule has 3 heteroatoms. The molecule has 3 nitrogen and oxygen atoms in total. The van der Waals surface area contributed by atoms with Crippen molar-refractivity contribution in [1.82, 2.24) is 10.2 Å². The number of nitrogens with one attached hydrogen (secondary N) is 1. The van der Waals surface area contributed by atoms with Gasteiger partial charge >= 0.3 is 0 Å². The third-order valence-electron chi connectivity index (χ3n) is 5.79. The van der Waals surface area contributed by atoms with Crippen molar-refractivity contribution in [3.05, 3.63) is 0 Å². The van der Waals surface area contributed by atoms with E-state index in [-0.39, 0.29) is 5.54 Å². The maximum Gasteiger partial charge on any atom is 0.0616 e. The maximum atomic E-state index is 9.88. The Balaban J connectivity index is 1.52. The molecular weight excluding hydrogens is 248 g/mol. The molecule has 116 valence electrons. The third-order valence-corrected chi connectivity index (χ3v) is 5.79. The van der Waals surface area contributed by atoms with Gasteiger partial charge in [0.1, 0.15) is 0 Å². The number of likely N-dealkylation sites (N-methyl/N-ethyl adjacent to an activating group) is 1. The topological polar surface area (TPSA) is 35.5 Å². The van der Waals surface area contributed by atoms with Crippen molar-refractivity contribution in [1.29, 1.82) is 0 Å². The molecule has 3 fully saturated rings. The predicted molar refractivity (Wildman–Crippen MR) is 82.8 cm³/mol. The molecule has 3 aliphatic carbocycles. The molecule has 0 radical (unpaired) electrons. The van der Waals surface area contributed by atoms with Crippen LogP contribution >= 0.6 is 0 Å². The molecule has 2 N–H and O–H groups in total. The first-order valence-corrected chi connectivity index (χ1v) is 8.87. The Morgan fingerprint density at radius 3 is 2.60 bits per heavy atom. The molecule has 0 aromatic heterocycles. The van der Waals surface area contributed by atoms with Crippen LogP contribution < -0.4 is 5.32 Å². The smallest absolute Gasteiger partial charge is 0.0616 e. The summed E-state index contributed by atoms with van der Waals surface area (Å²) in [5.74, 6) is 1.68. The molecule has 0 heterocycles. The highest BCUT2D eigenvalue weighted by Gasteiger charge is 2.42. The van der Waals surface area contributed by atoms with E-state index in [0.717, 1.165) is 24.9 Å². The highest BCUT2D eigenvalue weighted by atomic mass is 16.3. The summed E-state index contributed by atoms with van der Waals surface area (Å²) < 4.78 is 0. The van der Waals surface area contributed by atoms with E-state index in [1.165, 1.54) is 58.0 Å². The number of aliphatic hydroxyl groups excluding tert-OH is 1. The summed E-state index contributed by atoms with van der Waals surface area (Å²) in [4.78, 5) is 2.77. The molecule has 0 saturated heterocycles. The first kappa shape index (κ1) is 14.8. The average Bonchev–Trinajstić information content (AvgIpc) is 3.34. The summed E-state index contributed by atoms with van der Waals surface area (Å²) in [6, 6.07) is 0.902. The van der Waals surface area contributed by atoms with E-state index >= 15 is 0 Å². The fraction of sp³-hybridized carbons (Fsp3) is 1.00. The van der Waals surface area contributed by atoms with Gasteiger partial charge in [0.25, 0.3) is 0 Å². The van der Waals surface area contributed by atoms with Crippen LogP contribution in [0.4, 0.5) is 0 Å². The fourth-order valence-electron chi connectivity index (χ4n) is 4.23. The van der Waals surface area contributed by atoms with E-state index in [4.69, 9.17) is 0 Å². The van der Waals surface area contributed by atoms with Crippen LogP contribution in [0.2, 0.25) is 0 Å². The van der Waals surface area contributed by atoms with Crippen LogP contribution in [-0.2, 0) is 0 Å². The molecule has 0 spiro atoms. The van der Waals surface area contributed by atoms with Crippen molar-refractivity contribution >= 4 is 0 Å². The van der Waals surface area contributed by atoms with Crippen LogP contribution in [-0.4, -0.2) is 47.8 Å². The van der Waals surface area contributed by atoms with Gasteiger partial charge in [0.2, 0.25) is 0 Å². The number of aliphatic hydroxyl groups is 1. The van der Waals surface area contributed by atoms with Crippen LogP contribution in [0.15, 0.2) is 0 Å². The molecule has 0 bridgehead atoms. The predicted octanol–water partition coefficient (Wildman–Crippen LogP) is 2.39. The number of rotatable bonds is 9. The summed E-state index contributed by atoms with van der Waals surface area (Å²) in [5.41, 5.74) is 0.0313. The molecule has 2 atom stereocenters. The Hall–Kier alpha value is -0.120. The van der Waals surface area contributed by atoms with Crippen LogP contribution in [0, 0.1) is 11.8 Å². The molecule has 3 rings (SSSR count). The number of nitrogens with zero attached hydrogens (tertiary/aromatic N) is 1. The van der Waals surface area contributed by atoms with Gasteiger partial charge in [-0.2, -0.15) is 0 Å². The van der Waals surface area contributed by atoms with Crippen LogP contribution in [0.25, 0.3) is 0 Å². The minimum Gasteiger partial charge on any atom is -0.394 e. The van der Waals surface area contributed by atoms with Crippen LogP contribution in [0.1, 0.15) is 58.3 Å². The van der Waals surface area contributed by atoms with Crippen molar-refractivity contribution in [2.24, 2.45) is 11.8 Å². The Morgan fingerprint density at radius 1 is 1.20 bits per heavy atom. The lowest BCUT2D eigenvalue weighted by Gasteiger charge is -2.36. The standard InChI is InChI=1S/C17H32N2O/c1-2-18-17(13-20)10-3-4-15(17)9-11-19(16-7-8-16)12-14-5-6-14/h14-16,18,20H,2-13H2,1H3. The highest BCUT2D eigenvalue weighted by molar-refractivity contribution is 4.99. The highest BCUT2D eigenvalue weighted by Crippen LogP contribution is 2.39. The second-order valence-electron chi connectivity index (χ2n) is 7.39. The van der Waals surface area contributed by atoms with Crippen molar-refractivity contribution in [3.8, 4) is 0 Å². The number of hydrogen-bond donors (Lipinski definition) is 2. The second-order valence-corrected chi connectivity index (χ2v) is 7.39. The van der Waals surface area contributed by atoms with E-state index in [2.05, 4.69) is 17.1 Å². The molecule has 3 aliphatic rings. The van der Waals surface area contributed by atoms with Crippen molar-refractivity contribution in [2.75, 3.05) is 26.2 Å². The first-order valence-electron chi connectivity index (χ1n) is 8.87. The van der Waals surface area contributed by atoms with Gasteiger partial charge in [-0.15, -0.1) is 0 Å². The molecule has 20 heavy (non-hydrogen) atoms. The molecule has 0 amide bonds. The lowest BCUT2D eigenvalue weighted by atomic mass is 9.85. The summed E-state index contributed by atoms with van der Waals surface area (Å²) in [5, 5.41) is 13.5. The third kappa shape index (κ3) is 3.37. The maximum absolute atomic E-state index is 9.88. The summed E-state index contributed by atoms with van der Waals surface area (Å²) in [7, 11) is 0. The largest absolute Gasteiger partial charge is 0.394 e. The second kappa shape index (κ2) is 6.33. The Kier molecular flexibility index (Phi) is 4.68. The van der Waals surface area contributed by atoms with Gasteiger partial charge in [-0.3, -0.25) is 0 Å². The Labute approximate surface area is 124 Å². The van der Waals surface area contributed by atoms with Gasteiger partial charge in [0.15, 0.2) is 0 Å². The molecular formula is C17H32N2O. The quantitative estimate of drug-likeness (QED) is 0.681. The van der Waals surface area contributed by atoms with E-state index < -0.39 is 0 Å². The van der Waals surface area contributed by atoms with Crippen molar-refractivity contribution < 1.29 is 5.11 Å². The molecule has 0 aliphatic heterocycles. The van der Waals surface area contributed by atoms with Gasteiger partial charge in [0, 0.05) is 18.1 Å². The first-order chi connectivity index (χ1) is 9.77. The van der Waals surface area contributed by atoms with Gasteiger partial charge in [-0.1, -0.05) is 13.3 Å². The zero-order valence-electron chi connectivity index (χ0n) is 13.1. The van der Waals surface area contributed by atoms with Gasteiger partial charge < -0.3 is 15.3 Å². The van der Waals surface area contributed by atoms with E-state index in [1.807, 2.05) is 0 Å². The van der Waals surface area contributed by atoms with Gasteiger partial charge in [-0.05, 0) is 69.9 Å². The minimum absolute atomic E-state index is 0.0313. The van der Waals surface area contributed by atoms with Crippen molar-refractivity contribution in [2.45, 2.75) is 69.9 Å². The van der Waals surface area contributed by atoms with Crippen LogP contribution in [0.3, 0.4) is 0 Å². The van der Waals surface area contributed by atoms with Crippen LogP contribution in [0.5, 0.6) is 0 Å². The lowest BCUT2D eigenvalue weighted by Crippen LogP contribution is -2.52. The van der Waals surface area contributed by atoms with Crippen molar-refractivity contribution in [3.63, 3.8) is 0 Å².